The van der Waals surface area contributed by atoms with Gasteiger partial charge in [0.25, 0.3) is 0 Å². The van der Waals surface area contributed by atoms with E-state index in [4.69, 9.17) is 11.6 Å². The molecule has 1 aromatic carbocycles. The molecule has 0 saturated carbocycles. The van der Waals surface area contributed by atoms with Gasteiger partial charge in [0.2, 0.25) is 0 Å². The molecule has 0 heterocycles. The van der Waals surface area contributed by atoms with Gasteiger partial charge >= 0.3 is 6.18 Å². The molecule has 2 unspecified atom stereocenters. The number of hydrogen-bond acceptors (Lipinski definition) is 1. The van der Waals surface area contributed by atoms with E-state index in [1.807, 2.05) is 19.1 Å². The van der Waals surface area contributed by atoms with Crippen molar-refractivity contribution in [2.24, 2.45) is 0 Å². The molecule has 2 atom stereocenters. The number of halogens is 4. The highest BCUT2D eigenvalue weighted by molar-refractivity contribution is 6.30. The molecule has 19 heavy (non-hydrogen) atoms. The van der Waals surface area contributed by atoms with E-state index in [1.165, 1.54) is 0 Å². The highest BCUT2D eigenvalue weighted by atomic mass is 35.5. The van der Waals surface area contributed by atoms with Gasteiger partial charge in [-0.25, -0.2) is 0 Å². The van der Waals surface area contributed by atoms with Crippen LogP contribution in [0, 0.1) is 0 Å². The summed E-state index contributed by atoms with van der Waals surface area (Å²) in [4.78, 5) is 0. The Bertz CT molecular complexity index is 375. The second-order valence-electron chi connectivity index (χ2n) is 4.78. The normalized spacial score (nSPS) is 15.3. The van der Waals surface area contributed by atoms with E-state index in [9.17, 15) is 13.2 Å². The third-order valence-corrected chi connectivity index (χ3v) is 3.13. The van der Waals surface area contributed by atoms with Crippen molar-refractivity contribution in [2.45, 2.75) is 51.4 Å². The van der Waals surface area contributed by atoms with Crippen molar-refractivity contribution in [2.75, 3.05) is 0 Å². The summed E-state index contributed by atoms with van der Waals surface area (Å²) in [6.07, 6.45) is -3.26. The standard InChI is InChI=1S/C14H19ClF3N/c1-3-4-13(11-5-7-12(15)8-6-11)19-10(2)9-14(16,17)18/h5-8,10,13,19H,3-4,9H2,1-2H3. The number of hydrogen-bond donors (Lipinski definition) is 1. The highest BCUT2D eigenvalue weighted by Gasteiger charge is 2.30. The largest absolute Gasteiger partial charge is 0.390 e. The van der Waals surface area contributed by atoms with Crippen LogP contribution in [-0.4, -0.2) is 12.2 Å². The van der Waals surface area contributed by atoms with Gasteiger partial charge in [-0.2, -0.15) is 13.2 Å². The Kier molecular flexibility index (Phi) is 6.14. The zero-order valence-corrected chi connectivity index (χ0v) is 11.9. The van der Waals surface area contributed by atoms with E-state index in [1.54, 1.807) is 19.1 Å². The van der Waals surface area contributed by atoms with Crippen molar-refractivity contribution in [1.82, 2.24) is 5.32 Å². The third kappa shape index (κ3) is 6.30. The number of rotatable bonds is 6. The summed E-state index contributed by atoms with van der Waals surface area (Å²) in [6.45, 7) is 3.57. The zero-order valence-electron chi connectivity index (χ0n) is 11.1. The van der Waals surface area contributed by atoms with Gasteiger partial charge in [-0.15, -0.1) is 0 Å². The van der Waals surface area contributed by atoms with Crippen LogP contribution in [0.15, 0.2) is 24.3 Å². The van der Waals surface area contributed by atoms with Crippen LogP contribution < -0.4 is 5.32 Å². The van der Waals surface area contributed by atoms with Crippen molar-refractivity contribution in [1.29, 1.82) is 0 Å². The van der Waals surface area contributed by atoms with Gasteiger partial charge < -0.3 is 5.32 Å². The van der Waals surface area contributed by atoms with E-state index in [-0.39, 0.29) is 6.04 Å². The molecule has 0 bridgehead atoms. The monoisotopic (exact) mass is 293 g/mol. The molecule has 0 saturated heterocycles. The number of alkyl halides is 3. The first-order valence-corrected chi connectivity index (χ1v) is 6.78. The maximum absolute atomic E-state index is 12.3. The quantitative estimate of drug-likeness (QED) is 0.768. The molecule has 1 N–H and O–H groups in total. The average molecular weight is 294 g/mol. The topological polar surface area (TPSA) is 12.0 Å². The second-order valence-corrected chi connectivity index (χ2v) is 5.22. The van der Waals surface area contributed by atoms with Crippen LogP contribution in [0.25, 0.3) is 0 Å². The fraction of sp³-hybridized carbons (Fsp3) is 0.571. The molecule has 1 aromatic rings. The van der Waals surface area contributed by atoms with Gasteiger partial charge in [0.05, 0.1) is 6.42 Å². The van der Waals surface area contributed by atoms with Crippen molar-refractivity contribution in [3.63, 3.8) is 0 Å². The summed E-state index contributed by atoms with van der Waals surface area (Å²) in [7, 11) is 0. The smallest absolute Gasteiger partial charge is 0.307 e. The molecule has 5 heteroatoms. The molecule has 1 rings (SSSR count). The van der Waals surface area contributed by atoms with E-state index < -0.39 is 18.6 Å². The maximum atomic E-state index is 12.3. The predicted octanol–water partition coefficient (Wildman–Crippen LogP) is 5.11. The first-order valence-electron chi connectivity index (χ1n) is 6.40. The zero-order chi connectivity index (χ0) is 14.5. The lowest BCUT2D eigenvalue weighted by Crippen LogP contribution is -2.34. The Hall–Kier alpha value is -0.740. The number of benzene rings is 1. The highest BCUT2D eigenvalue weighted by Crippen LogP contribution is 2.25. The van der Waals surface area contributed by atoms with E-state index in [2.05, 4.69) is 5.32 Å². The van der Waals surface area contributed by atoms with E-state index in [0.717, 1.165) is 18.4 Å². The molecular weight excluding hydrogens is 275 g/mol. The van der Waals surface area contributed by atoms with Crippen LogP contribution in [0.1, 0.15) is 44.7 Å². The summed E-state index contributed by atoms with van der Waals surface area (Å²) < 4.78 is 37.0. The minimum atomic E-state index is -4.14. The van der Waals surface area contributed by atoms with E-state index >= 15 is 0 Å². The Balaban J connectivity index is 2.70. The summed E-state index contributed by atoms with van der Waals surface area (Å²) in [5, 5.41) is 3.67. The lowest BCUT2D eigenvalue weighted by molar-refractivity contribution is -0.139. The maximum Gasteiger partial charge on any atom is 0.390 e. The second kappa shape index (κ2) is 7.15. The van der Waals surface area contributed by atoms with E-state index in [0.29, 0.717) is 5.02 Å². The van der Waals surface area contributed by atoms with Crippen molar-refractivity contribution in [3.05, 3.63) is 34.9 Å². The first kappa shape index (κ1) is 16.3. The molecule has 0 aliphatic heterocycles. The van der Waals surface area contributed by atoms with Crippen LogP contribution in [-0.2, 0) is 0 Å². The lowest BCUT2D eigenvalue weighted by atomic mass is 10.0. The van der Waals surface area contributed by atoms with Gasteiger partial charge in [-0.3, -0.25) is 0 Å². The minimum Gasteiger partial charge on any atom is -0.307 e. The molecule has 108 valence electrons. The molecule has 0 radical (unpaired) electrons. The summed E-state index contributed by atoms with van der Waals surface area (Å²) >= 11 is 5.82. The van der Waals surface area contributed by atoms with Crippen molar-refractivity contribution in [3.8, 4) is 0 Å². The third-order valence-electron chi connectivity index (χ3n) is 2.87. The Morgan fingerprint density at radius 1 is 1.21 bits per heavy atom. The van der Waals surface area contributed by atoms with Crippen LogP contribution in [0.3, 0.4) is 0 Å². The first-order chi connectivity index (χ1) is 8.81. The molecular formula is C14H19ClF3N. The average Bonchev–Trinajstić information content (AvgIpc) is 2.27. The van der Waals surface area contributed by atoms with Crippen LogP contribution >= 0.6 is 11.6 Å². The summed E-state index contributed by atoms with van der Waals surface area (Å²) in [5.74, 6) is 0. The van der Waals surface area contributed by atoms with Crippen LogP contribution in [0.4, 0.5) is 13.2 Å². The molecule has 0 fully saturated rings. The molecule has 0 aromatic heterocycles. The molecule has 1 nitrogen and oxygen atoms in total. The van der Waals surface area contributed by atoms with Gasteiger partial charge in [0.1, 0.15) is 0 Å². The van der Waals surface area contributed by atoms with Crippen molar-refractivity contribution >= 4 is 11.6 Å². The van der Waals surface area contributed by atoms with Gasteiger partial charge in [-0.1, -0.05) is 37.1 Å². The summed E-state index contributed by atoms with van der Waals surface area (Å²) in [6, 6.07) is 6.56. The molecule has 0 spiro atoms. The Morgan fingerprint density at radius 2 is 1.79 bits per heavy atom. The number of nitrogens with one attached hydrogen (secondary N) is 1. The fourth-order valence-corrected chi connectivity index (χ4v) is 2.21. The molecule has 0 aliphatic rings. The SMILES string of the molecule is CCCC(NC(C)CC(F)(F)F)c1ccc(Cl)cc1. The molecule has 0 aliphatic carbocycles. The minimum absolute atomic E-state index is 0.0698. The van der Waals surface area contributed by atoms with Gasteiger partial charge in [0, 0.05) is 17.1 Å². The van der Waals surface area contributed by atoms with Crippen molar-refractivity contribution < 1.29 is 13.2 Å². The summed E-state index contributed by atoms with van der Waals surface area (Å²) in [5.41, 5.74) is 0.972. The van der Waals surface area contributed by atoms with Crippen LogP contribution in [0.2, 0.25) is 5.02 Å². The molecule has 0 amide bonds. The lowest BCUT2D eigenvalue weighted by Gasteiger charge is -2.24. The fourth-order valence-electron chi connectivity index (χ4n) is 2.08. The Morgan fingerprint density at radius 3 is 2.26 bits per heavy atom. The van der Waals surface area contributed by atoms with Gasteiger partial charge in [-0.05, 0) is 31.0 Å². The van der Waals surface area contributed by atoms with Gasteiger partial charge in [0.15, 0.2) is 0 Å². The van der Waals surface area contributed by atoms with Crippen LogP contribution in [0.5, 0.6) is 0 Å². The Labute approximate surface area is 117 Å². The predicted molar refractivity (Wildman–Crippen MR) is 72.4 cm³/mol.